The first-order valence-electron chi connectivity index (χ1n) is 7.01. The molecule has 29 heavy (non-hydrogen) atoms. The summed E-state index contributed by atoms with van der Waals surface area (Å²) < 4.78 is 78.2. The van der Waals surface area contributed by atoms with Crippen LogP contribution in [0.1, 0.15) is 17.0 Å². The molecule has 0 bridgehead atoms. The Morgan fingerprint density at radius 3 is 2.17 bits per heavy atom. The first-order valence-corrected chi connectivity index (χ1v) is 8.58. The lowest BCUT2D eigenvalue weighted by Crippen LogP contribution is -2.16. The molecule has 2 aromatic rings. The van der Waals surface area contributed by atoms with Gasteiger partial charge in [-0.3, -0.25) is 0 Å². The fourth-order valence-corrected chi connectivity index (χ4v) is 3.58. The van der Waals surface area contributed by atoms with Crippen LogP contribution in [0.3, 0.4) is 0 Å². The molecule has 1 aromatic heterocycles. The fourth-order valence-electron chi connectivity index (χ4n) is 2.19. The monoisotopic (exact) mass is 481 g/mol. The second-order valence-corrected chi connectivity index (χ2v) is 7.03. The zero-order valence-corrected chi connectivity index (χ0v) is 15.8. The summed E-state index contributed by atoms with van der Waals surface area (Å²) in [5.74, 6) is -0.859. The molecule has 0 fully saturated rings. The van der Waals surface area contributed by atoms with Gasteiger partial charge in [0.2, 0.25) is 0 Å². The number of halogens is 8. The van der Waals surface area contributed by atoms with Crippen LogP contribution in [0.5, 0.6) is 0 Å². The van der Waals surface area contributed by atoms with E-state index in [0.717, 1.165) is 0 Å². The zero-order chi connectivity index (χ0) is 22.1. The van der Waals surface area contributed by atoms with Gasteiger partial charge in [0, 0.05) is 0 Å². The normalized spacial score (nSPS) is 13.0. The minimum absolute atomic E-state index is 0.457. The van der Waals surface area contributed by atoms with Crippen molar-refractivity contribution in [1.29, 1.82) is 0 Å². The van der Waals surface area contributed by atoms with E-state index in [2.05, 4.69) is 15.4 Å². The highest BCUT2D eigenvalue weighted by Gasteiger charge is 2.37. The number of nitrogens with two attached hydrogens (primary N) is 1. The highest BCUT2D eigenvalue weighted by molar-refractivity contribution is 8.00. The van der Waals surface area contributed by atoms with Crippen molar-refractivity contribution in [2.45, 2.75) is 23.1 Å². The molecular formula is C13H7Cl2F6N5O2S. The van der Waals surface area contributed by atoms with Crippen LogP contribution in [-0.4, -0.2) is 26.3 Å². The quantitative estimate of drug-likeness (QED) is 0.116. The maximum Gasteiger partial charge on any atom is 0.446 e. The van der Waals surface area contributed by atoms with Crippen molar-refractivity contribution in [2.75, 3.05) is 0 Å². The zero-order valence-electron chi connectivity index (χ0n) is 13.5. The summed E-state index contributed by atoms with van der Waals surface area (Å²) in [6.45, 7) is -0.905. The maximum atomic E-state index is 13.0. The van der Waals surface area contributed by atoms with E-state index in [0.29, 0.717) is 16.8 Å². The van der Waals surface area contributed by atoms with Crippen molar-refractivity contribution in [3.63, 3.8) is 0 Å². The summed E-state index contributed by atoms with van der Waals surface area (Å²) in [7, 11) is 0. The standard InChI is InChI=1S/C13H7Cl2F6N5O2S/c14-5-1-4(12(16,17)18)2-6(15)9(5)26-7(3-23-27)10(29-13(19,20)21)8(24-26)11(22)25-28/h1-2,28H,3H2,(H2,22,25). The van der Waals surface area contributed by atoms with Crippen molar-refractivity contribution in [3.8, 4) is 5.69 Å². The number of hydrogen-bond donors (Lipinski definition) is 2. The molecule has 0 saturated carbocycles. The van der Waals surface area contributed by atoms with Crippen LogP contribution >= 0.6 is 35.0 Å². The molecule has 0 spiro atoms. The molecule has 0 aliphatic heterocycles. The van der Waals surface area contributed by atoms with Gasteiger partial charge >= 0.3 is 11.7 Å². The van der Waals surface area contributed by atoms with E-state index in [1.165, 1.54) is 0 Å². The van der Waals surface area contributed by atoms with E-state index in [1.54, 1.807) is 0 Å². The van der Waals surface area contributed by atoms with Crippen LogP contribution in [-0.2, 0) is 12.7 Å². The minimum atomic E-state index is -4.89. The average molecular weight is 482 g/mol. The summed E-state index contributed by atoms with van der Waals surface area (Å²) >= 11 is 11.0. The molecule has 16 heteroatoms. The van der Waals surface area contributed by atoms with Gasteiger partial charge in [-0.25, -0.2) is 4.68 Å². The maximum absolute atomic E-state index is 13.0. The average Bonchev–Trinajstić information content (AvgIpc) is 2.90. The number of alkyl halides is 6. The van der Waals surface area contributed by atoms with Gasteiger partial charge < -0.3 is 10.9 Å². The highest BCUT2D eigenvalue weighted by Crippen LogP contribution is 2.43. The van der Waals surface area contributed by atoms with Crippen molar-refractivity contribution >= 4 is 40.8 Å². The van der Waals surface area contributed by atoms with Crippen molar-refractivity contribution in [3.05, 3.63) is 44.0 Å². The molecule has 0 aliphatic carbocycles. The molecule has 3 N–H and O–H groups in total. The molecule has 1 heterocycles. The number of amidine groups is 1. The number of benzene rings is 1. The van der Waals surface area contributed by atoms with Crippen LogP contribution in [0.15, 0.2) is 27.4 Å². The lowest BCUT2D eigenvalue weighted by molar-refractivity contribution is -0.137. The van der Waals surface area contributed by atoms with Gasteiger partial charge in [-0.05, 0) is 23.9 Å². The molecular weight excluding hydrogens is 475 g/mol. The molecule has 0 saturated heterocycles. The highest BCUT2D eigenvalue weighted by atomic mass is 35.5. The number of aromatic nitrogens is 2. The molecule has 7 nitrogen and oxygen atoms in total. The van der Waals surface area contributed by atoms with Crippen LogP contribution in [0.2, 0.25) is 10.0 Å². The molecule has 0 amide bonds. The van der Waals surface area contributed by atoms with Crippen LogP contribution in [0.25, 0.3) is 5.69 Å². The van der Waals surface area contributed by atoms with Crippen molar-refractivity contribution in [1.82, 2.24) is 9.78 Å². The second kappa shape index (κ2) is 8.28. The van der Waals surface area contributed by atoms with E-state index >= 15 is 0 Å². The number of oxime groups is 1. The van der Waals surface area contributed by atoms with E-state index in [1.807, 2.05) is 0 Å². The Bertz CT molecular complexity index is 953. The van der Waals surface area contributed by atoms with Gasteiger partial charge in [0.15, 0.2) is 5.84 Å². The first-order chi connectivity index (χ1) is 13.3. The topological polar surface area (TPSA) is 106 Å². The third-order valence-corrected chi connectivity index (χ3v) is 4.71. The van der Waals surface area contributed by atoms with E-state index in [-0.39, 0.29) is 0 Å². The molecule has 1 aromatic carbocycles. The van der Waals surface area contributed by atoms with Crippen LogP contribution in [0.4, 0.5) is 26.3 Å². The minimum Gasteiger partial charge on any atom is -0.409 e. The van der Waals surface area contributed by atoms with Gasteiger partial charge in [-0.2, -0.15) is 36.3 Å². The SMILES string of the molecule is NC(=NO)c1nn(-c2c(Cl)cc(C(F)(F)F)cc2Cl)c(CN=O)c1SC(F)(F)F. The summed E-state index contributed by atoms with van der Waals surface area (Å²) in [6, 6.07) is 0.949. The Kier molecular flexibility index (Phi) is 6.59. The fraction of sp³-hybridized carbons (Fsp3) is 0.231. The van der Waals surface area contributed by atoms with E-state index in [9.17, 15) is 31.2 Å². The van der Waals surface area contributed by atoms with Gasteiger partial charge in [0.05, 0.1) is 26.2 Å². The second-order valence-electron chi connectivity index (χ2n) is 5.14. The van der Waals surface area contributed by atoms with Gasteiger partial charge in [-0.1, -0.05) is 33.5 Å². The lowest BCUT2D eigenvalue weighted by atomic mass is 10.2. The van der Waals surface area contributed by atoms with Crippen LogP contribution < -0.4 is 5.73 Å². The molecule has 0 aliphatic rings. The summed E-state index contributed by atoms with van der Waals surface area (Å²) in [6.07, 6.45) is -4.81. The molecule has 0 unspecified atom stereocenters. The van der Waals surface area contributed by atoms with Gasteiger partial charge in [-0.15, -0.1) is 0 Å². The Hall–Kier alpha value is -2.19. The smallest absolute Gasteiger partial charge is 0.409 e. The number of thioether (sulfide) groups is 1. The van der Waals surface area contributed by atoms with Gasteiger partial charge in [0.1, 0.15) is 17.9 Å². The number of rotatable bonds is 5. The van der Waals surface area contributed by atoms with Gasteiger partial charge in [0.25, 0.3) is 0 Å². The molecule has 2 rings (SSSR count). The van der Waals surface area contributed by atoms with Crippen molar-refractivity contribution in [2.24, 2.45) is 16.1 Å². The Morgan fingerprint density at radius 2 is 1.76 bits per heavy atom. The summed E-state index contributed by atoms with van der Waals surface area (Å²) in [5.41, 5.74) is -2.46. The predicted molar refractivity (Wildman–Crippen MR) is 92.5 cm³/mol. The van der Waals surface area contributed by atoms with E-state index in [4.69, 9.17) is 34.1 Å². The summed E-state index contributed by atoms with van der Waals surface area (Å²) in [5, 5.41) is 16.3. The molecule has 0 atom stereocenters. The molecule has 158 valence electrons. The summed E-state index contributed by atoms with van der Waals surface area (Å²) in [4.78, 5) is 10.0. The van der Waals surface area contributed by atoms with E-state index < -0.39 is 73.4 Å². The number of nitrogens with zero attached hydrogens (tertiary/aromatic N) is 4. The molecule has 0 radical (unpaired) electrons. The van der Waals surface area contributed by atoms with Crippen LogP contribution in [0, 0.1) is 4.91 Å². The number of nitroso groups, excluding NO2 is 1. The Labute approximate surface area is 171 Å². The predicted octanol–water partition coefficient (Wildman–Crippen LogP) is 5.17. The van der Waals surface area contributed by atoms with Crippen molar-refractivity contribution < 1.29 is 31.5 Å². The Balaban J connectivity index is 2.84. The first kappa shape index (κ1) is 23.1. The largest absolute Gasteiger partial charge is 0.446 e. The third kappa shape index (κ3) is 5.05. The lowest BCUT2D eigenvalue weighted by Gasteiger charge is -2.14. The third-order valence-electron chi connectivity index (χ3n) is 3.27. The Morgan fingerprint density at radius 1 is 1.21 bits per heavy atom. The number of hydrogen-bond acceptors (Lipinski definition) is 6.